The van der Waals surface area contributed by atoms with Crippen molar-refractivity contribution in [2.24, 2.45) is 5.92 Å². The minimum absolute atomic E-state index is 0.195. The summed E-state index contributed by atoms with van der Waals surface area (Å²) in [6.07, 6.45) is 1.86. The van der Waals surface area contributed by atoms with Crippen LogP contribution < -0.4 is 21.9 Å². The highest BCUT2D eigenvalue weighted by Crippen LogP contribution is 2.27. The van der Waals surface area contributed by atoms with Gasteiger partial charge in [0, 0.05) is 24.7 Å². The molecule has 25 heavy (non-hydrogen) atoms. The van der Waals surface area contributed by atoms with E-state index in [0.29, 0.717) is 23.0 Å². The van der Waals surface area contributed by atoms with Gasteiger partial charge in [-0.1, -0.05) is 13.8 Å². The predicted octanol–water partition coefficient (Wildman–Crippen LogP) is 0.00362. The van der Waals surface area contributed by atoms with Crippen molar-refractivity contribution >= 4 is 17.3 Å². The van der Waals surface area contributed by atoms with Gasteiger partial charge < -0.3 is 20.5 Å². The van der Waals surface area contributed by atoms with Crippen molar-refractivity contribution in [3.63, 3.8) is 0 Å². The molecule has 4 N–H and O–H groups in total. The summed E-state index contributed by atoms with van der Waals surface area (Å²) < 4.78 is 7.11. The van der Waals surface area contributed by atoms with Crippen LogP contribution in [0.15, 0.2) is 15.8 Å². The summed E-state index contributed by atoms with van der Waals surface area (Å²) in [7, 11) is 0. The van der Waals surface area contributed by atoms with Crippen LogP contribution >= 0.6 is 12.2 Å². The van der Waals surface area contributed by atoms with Crippen LogP contribution in [0.2, 0.25) is 0 Å². The zero-order valence-electron chi connectivity index (χ0n) is 14.7. The molecule has 0 unspecified atom stereocenters. The summed E-state index contributed by atoms with van der Waals surface area (Å²) in [5.41, 5.74) is -0.523. The predicted molar refractivity (Wildman–Crippen MR) is 98.7 cm³/mol. The van der Waals surface area contributed by atoms with Crippen molar-refractivity contribution in [1.82, 2.24) is 20.2 Å². The van der Waals surface area contributed by atoms with Gasteiger partial charge >= 0.3 is 5.69 Å². The average molecular weight is 370 g/mol. The Morgan fingerprint density at radius 2 is 2.24 bits per heavy atom. The average Bonchev–Trinajstić information content (AvgIpc) is 2.93. The molecule has 140 valence electrons. The quantitative estimate of drug-likeness (QED) is 0.522. The van der Waals surface area contributed by atoms with Crippen LogP contribution in [-0.2, 0) is 4.74 Å². The highest BCUT2D eigenvalue weighted by Gasteiger charge is 2.36. The summed E-state index contributed by atoms with van der Waals surface area (Å²) in [6, 6.07) is -0.229. The van der Waals surface area contributed by atoms with E-state index in [9.17, 15) is 14.7 Å². The van der Waals surface area contributed by atoms with Gasteiger partial charge in [0.1, 0.15) is 12.3 Å². The molecule has 1 aromatic heterocycles. The first kappa shape index (κ1) is 19.6. The van der Waals surface area contributed by atoms with Gasteiger partial charge in [-0.3, -0.25) is 14.3 Å². The molecule has 1 saturated heterocycles. The Hall–Kier alpha value is -1.71. The fraction of sp³-hybridized carbons (Fsp3) is 0.688. The molecule has 1 aromatic rings. The number of aromatic nitrogens is 2. The third-order valence-electron chi connectivity index (χ3n) is 4.20. The molecule has 0 saturated carbocycles. The molecule has 1 fully saturated rings. The molecule has 0 aromatic carbocycles. The van der Waals surface area contributed by atoms with E-state index in [1.807, 2.05) is 0 Å². The van der Waals surface area contributed by atoms with E-state index in [2.05, 4.69) is 29.5 Å². The van der Waals surface area contributed by atoms with Crippen molar-refractivity contribution in [3.05, 3.63) is 32.6 Å². The Morgan fingerprint density at radius 3 is 2.88 bits per heavy atom. The first-order valence-corrected chi connectivity index (χ1v) is 8.85. The Morgan fingerprint density at radius 1 is 1.52 bits per heavy atom. The van der Waals surface area contributed by atoms with E-state index >= 15 is 0 Å². The molecular weight excluding hydrogens is 344 g/mol. The minimum atomic E-state index is -0.573. The van der Waals surface area contributed by atoms with E-state index in [1.54, 1.807) is 6.92 Å². The molecule has 8 nitrogen and oxygen atoms in total. The lowest BCUT2D eigenvalue weighted by atomic mass is 10.1. The third kappa shape index (κ3) is 5.13. The van der Waals surface area contributed by atoms with E-state index in [0.717, 1.165) is 13.0 Å². The second kappa shape index (κ2) is 8.59. The van der Waals surface area contributed by atoms with Crippen LogP contribution in [0.3, 0.4) is 0 Å². The Labute approximate surface area is 151 Å². The molecule has 0 bridgehead atoms. The fourth-order valence-electron chi connectivity index (χ4n) is 2.72. The summed E-state index contributed by atoms with van der Waals surface area (Å²) in [5, 5.41) is 16.3. The van der Waals surface area contributed by atoms with Crippen molar-refractivity contribution in [1.29, 1.82) is 0 Å². The van der Waals surface area contributed by atoms with Gasteiger partial charge in [0.15, 0.2) is 5.11 Å². The number of aryl methyl sites for hydroxylation is 1. The number of ether oxygens (including phenoxy) is 1. The maximum Gasteiger partial charge on any atom is 0.330 e. The lowest BCUT2D eigenvalue weighted by Crippen LogP contribution is -2.46. The number of hydrogen-bond acceptors (Lipinski definition) is 5. The highest BCUT2D eigenvalue weighted by molar-refractivity contribution is 7.80. The fourth-order valence-corrected chi connectivity index (χ4v) is 2.97. The topological polar surface area (TPSA) is 108 Å². The van der Waals surface area contributed by atoms with Gasteiger partial charge in [-0.2, -0.15) is 0 Å². The Bertz CT molecular complexity index is 715. The van der Waals surface area contributed by atoms with Gasteiger partial charge in [-0.25, -0.2) is 4.79 Å². The summed E-state index contributed by atoms with van der Waals surface area (Å²) in [6.45, 7) is 6.47. The van der Waals surface area contributed by atoms with Crippen molar-refractivity contribution in [2.45, 2.75) is 52.0 Å². The standard InChI is InChI=1S/C16H26N4O4S/c1-9(2)4-5-17-15(25)18-11-6-13(24-12(11)8-21)20-7-10(3)14(22)19-16(20)23/h7,9,11-13,21H,4-6,8H2,1-3H3,(H2,17,18,25)(H,19,22,23)/t11-,12+,13+/m0/s1. The van der Waals surface area contributed by atoms with Crippen LogP contribution in [0.4, 0.5) is 0 Å². The SMILES string of the molecule is Cc1cn([C@H]2C[C@H](NC(=S)NCCC(C)C)[C@@H](CO)O2)c(=O)[nH]c1=O. The number of aliphatic hydroxyl groups excluding tert-OH is 1. The van der Waals surface area contributed by atoms with Crippen molar-refractivity contribution in [2.75, 3.05) is 13.2 Å². The molecular formula is C16H26N4O4S. The second-order valence-electron chi connectivity index (χ2n) is 6.72. The number of H-pyrrole nitrogens is 1. The zero-order chi connectivity index (χ0) is 18.6. The third-order valence-corrected chi connectivity index (χ3v) is 4.46. The molecule has 0 spiro atoms. The van der Waals surface area contributed by atoms with Gasteiger partial charge in [0.05, 0.1) is 12.6 Å². The number of thiocarbonyl (C=S) groups is 1. The molecule has 2 heterocycles. The smallest absolute Gasteiger partial charge is 0.330 e. The molecule has 0 aliphatic carbocycles. The lowest BCUT2D eigenvalue weighted by molar-refractivity contribution is -0.0281. The number of nitrogens with zero attached hydrogens (tertiary/aromatic N) is 1. The molecule has 2 rings (SSSR count). The maximum absolute atomic E-state index is 12.0. The maximum atomic E-state index is 12.0. The molecule has 0 radical (unpaired) electrons. The molecule has 0 amide bonds. The minimum Gasteiger partial charge on any atom is -0.394 e. The highest BCUT2D eigenvalue weighted by atomic mass is 32.1. The van der Waals surface area contributed by atoms with E-state index in [-0.39, 0.29) is 12.6 Å². The van der Waals surface area contributed by atoms with Crippen molar-refractivity contribution < 1.29 is 9.84 Å². The first-order valence-electron chi connectivity index (χ1n) is 8.44. The van der Waals surface area contributed by atoms with Crippen LogP contribution in [0.1, 0.15) is 38.5 Å². The van der Waals surface area contributed by atoms with Gasteiger partial charge in [-0.05, 0) is 31.5 Å². The summed E-state index contributed by atoms with van der Waals surface area (Å²) in [4.78, 5) is 25.8. The molecule has 3 atom stereocenters. The number of aliphatic hydroxyl groups is 1. The molecule has 1 aliphatic heterocycles. The van der Waals surface area contributed by atoms with E-state index in [1.165, 1.54) is 10.8 Å². The first-order chi connectivity index (χ1) is 11.8. The number of aromatic amines is 1. The summed E-state index contributed by atoms with van der Waals surface area (Å²) >= 11 is 5.29. The number of rotatable bonds is 6. The van der Waals surface area contributed by atoms with Crippen LogP contribution in [0, 0.1) is 12.8 Å². The number of hydrogen-bond donors (Lipinski definition) is 4. The Balaban J connectivity index is 2.02. The summed E-state index contributed by atoms with van der Waals surface area (Å²) in [5.74, 6) is 0.579. The van der Waals surface area contributed by atoms with Crippen LogP contribution in [-0.4, -0.2) is 45.1 Å². The van der Waals surface area contributed by atoms with Crippen molar-refractivity contribution in [3.8, 4) is 0 Å². The zero-order valence-corrected chi connectivity index (χ0v) is 15.6. The van der Waals surface area contributed by atoms with Crippen LogP contribution in [0.25, 0.3) is 0 Å². The second-order valence-corrected chi connectivity index (χ2v) is 7.12. The normalized spacial score (nSPS) is 23.0. The monoisotopic (exact) mass is 370 g/mol. The number of nitrogens with one attached hydrogen (secondary N) is 3. The van der Waals surface area contributed by atoms with Crippen LogP contribution in [0.5, 0.6) is 0 Å². The largest absolute Gasteiger partial charge is 0.394 e. The Kier molecular flexibility index (Phi) is 6.74. The lowest BCUT2D eigenvalue weighted by Gasteiger charge is -2.20. The molecule has 9 heteroatoms. The molecule has 1 aliphatic rings. The van der Waals surface area contributed by atoms with Gasteiger partial charge in [0.25, 0.3) is 5.56 Å². The van der Waals surface area contributed by atoms with E-state index < -0.39 is 23.6 Å². The van der Waals surface area contributed by atoms with Gasteiger partial charge in [-0.15, -0.1) is 0 Å². The van der Waals surface area contributed by atoms with Gasteiger partial charge in [0.2, 0.25) is 0 Å². The van der Waals surface area contributed by atoms with E-state index in [4.69, 9.17) is 17.0 Å².